The van der Waals surface area contributed by atoms with Gasteiger partial charge in [-0.1, -0.05) is 42.1 Å². The summed E-state index contributed by atoms with van der Waals surface area (Å²) in [5.41, 5.74) is 2.57. The third-order valence-electron chi connectivity index (χ3n) is 5.42. The molecule has 31 heavy (non-hydrogen) atoms. The SMILES string of the molecule is Cc1cccc2c(=O)[nH]c(CSc3nc(CN4CCOCC4)nc4ccccc34)nc12. The van der Waals surface area contributed by atoms with E-state index in [9.17, 15) is 4.79 Å². The number of hydrogen-bond acceptors (Lipinski definition) is 7. The Bertz CT molecular complexity index is 1300. The van der Waals surface area contributed by atoms with Gasteiger partial charge in [0, 0.05) is 18.5 Å². The van der Waals surface area contributed by atoms with Gasteiger partial charge in [-0.3, -0.25) is 9.69 Å². The standard InChI is InChI=1S/C23H23N5O2S/c1-15-5-4-7-17-21(15)25-20(26-22(17)29)14-31-23-16-6-2-3-8-18(16)24-19(27-23)13-28-9-11-30-12-10-28/h2-8H,9-14H2,1H3,(H,25,26,29). The molecule has 0 radical (unpaired) electrons. The van der Waals surface area contributed by atoms with Crippen molar-refractivity contribution in [3.05, 3.63) is 70.0 Å². The molecular formula is C23H23N5O2S. The monoisotopic (exact) mass is 433 g/mol. The van der Waals surface area contributed by atoms with E-state index in [-0.39, 0.29) is 5.56 Å². The van der Waals surface area contributed by atoms with Gasteiger partial charge in [0.2, 0.25) is 0 Å². The molecule has 8 heteroatoms. The van der Waals surface area contributed by atoms with E-state index < -0.39 is 0 Å². The van der Waals surface area contributed by atoms with Gasteiger partial charge in [-0.15, -0.1) is 0 Å². The van der Waals surface area contributed by atoms with Gasteiger partial charge in [0.25, 0.3) is 5.56 Å². The van der Waals surface area contributed by atoms with Crippen LogP contribution in [0.2, 0.25) is 0 Å². The van der Waals surface area contributed by atoms with Crippen molar-refractivity contribution >= 4 is 33.6 Å². The van der Waals surface area contributed by atoms with Crippen LogP contribution in [0.3, 0.4) is 0 Å². The van der Waals surface area contributed by atoms with Crippen LogP contribution in [0.1, 0.15) is 17.2 Å². The number of thioether (sulfide) groups is 1. The van der Waals surface area contributed by atoms with Gasteiger partial charge in [0.1, 0.15) is 16.7 Å². The Hall–Kier alpha value is -2.81. The van der Waals surface area contributed by atoms with E-state index in [2.05, 4.69) is 9.88 Å². The lowest BCUT2D eigenvalue weighted by Crippen LogP contribution is -2.36. The molecule has 1 N–H and O–H groups in total. The van der Waals surface area contributed by atoms with Crippen molar-refractivity contribution in [2.24, 2.45) is 0 Å². The first-order valence-electron chi connectivity index (χ1n) is 10.3. The number of rotatable bonds is 5. The lowest BCUT2D eigenvalue weighted by Gasteiger charge is -2.25. The molecule has 1 fully saturated rings. The molecule has 0 saturated carbocycles. The van der Waals surface area contributed by atoms with E-state index in [1.807, 2.05) is 43.3 Å². The number of benzene rings is 2. The van der Waals surface area contributed by atoms with Gasteiger partial charge in [0.15, 0.2) is 0 Å². The van der Waals surface area contributed by atoms with Crippen LogP contribution >= 0.6 is 11.8 Å². The average Bonchev–Trinajstić information content (AvgIpc) is 2.79. The van der Waals surface area contributed by atoms with Crippen molar-refractivity contribution in [1.29, 1.82) is 0 Å². The molecule has 0 unspecified atom stereocenters. The third kappa shape index (κ3) is 4.32. The van der Waals surface area contributed by atoms with E-state index in [1.165, 1.54) is 0 Å². The van der Waals surface area contributed by atoms with Gasteiger partial charge < -0.3 is 9.72 Å². The molecule has 0 bridgehead atoms. The number of nitrogens with one attached hydrogen (secondary N) is 1. The first-order chi connectivity index (χ1) is 15.2. The van der Waals surface area contributed by atoms with Gasteiger partial charge in [0.05, 0.1) is 41.9 Å². The maximum Gasteiger partial charge on any atom is 0.258 e. The van der Waals surface area contributed by atoms with Crippen molar-refractivity contribution in [2.45, 2.75) is 24.2 Å². The van der Waals surface area contributed by atoms with Crippen molar-refractivity contribution in [3.63, 3.8) is 0 Å². The molecule has 0 spiro atoms. The number of aromatic nitrogens is 4. The highest BCUT2D eigenvalue weighted by Crippen LogP contribution is 2.28. The lowest BCUT2D eigenvalue weighted by molar-refractivity contribution is 0.0330. The van der Waals surface area contributed by atoms with E-state index in [4.69, 9.17) is 19.7 Å². The molecule has 4 aromatic rings. The number of morpholine rings is 1. The lowest BCUT2D eigenvalue weighted by atomic mass is 10.1. The van der Waals surface area contributed by atoms with Crippen LogP contribution in [0, 0.1) is 6.92 Å². The number of hydrogen-bond donors (Lipinski definition) is 1. The second kappa shape index (κ2) is 8.74. The highest BCUT2D eigenvalue weighted by molar-refractivity contribution is 7.98. The summed E-state index contributed by atoms with van der Waals surface area (Å²) >= 11 is 1.58. The van der Waals surface area contributed by atoms with Crippen LogP contribution in [0.15, 0.2) is 52.3 Å². The minimum absolute atomic E-state index is 0.107. The second-order valence-corrected chi connectivity index (χ2v) is 8.59. The molecule has 0 amide bonds. The summed E-state index contributed by atoms with van der Waals surface area (Å²) in [5.74, 6) is 1.98. The summed E-state index contributed by atoms with van der Waals surface area (Å²) in [7, 11) is 0. The van der Waals surface area contributed by atoms with Crippen molar-refractivity contribution in [1.82, 2.24) is 24.8 Å². The maximum absolute atomic E-state index is 12.5. The first-order valence-corrected chi connectivity index (χ1v) is 11.3. The summed E-state index contributed by atoms with van der Waals surface area (Å²) in [6, 6.07) is 13.7. The highest BCUT2D eigenvalue weighted by Gasteiger charge is 2.15. The van der Waals surface area contributed by atoms with Gasteiger partial charge in [-0.25, -0.2) is 15.0 Å². The molecule has 3 heterocycles. The molecule has 7 nitrogen and oxygen atoms in total. The summed E-state index contributed by atoms with van der Waals surface area (Å²) < 4.78 is 5.44. The predicted molar refractivity (Wildman–Crippen MR) is 122 cm³/mol. The Morgan fingerprint density at radius 2 is 1.84 bits per heavy atom. The van der Waals surface area contributed by atoms with Gasteiger partial charge >= 0.3 is 0 Å². The number of H-pyrrole nitrogens is 1. The Morgan fingerprint density at radius 3 is 2.71 bits per heavy atom. The Kier molecular flexibility index (Phi) is 5.67. The van der Waals surface area contributed by atoms with E-state index in [0.717, 1.165) is 59.1 Å². The molecular weight excluding hydrogens is 410 g/mol. The number of aryl methyl sites for hydroxylation is 1. The average molecular weight is 434 g/mol. The van der Waals surface area contributed by atoms with Crippen molar-refractivity contribution in [2.75, 3.05) is 26.3 Å². The molecule has 1 saturated heterocycles. The fourth-order valence-electron chi connectivity index (χ4n) is 3.79. The van der Waals surface area contributed by atoms with Gasteiger partial charge in [-0.2, -0.15) is 0 Å². The number of fused-ring (bicyclic) bond motifs is 2. The number of ether oxygens (including phenoxy) is 1. The number of aromatic amines is 1. The van der Waals surface area contributed by atoms with Crippen LogP contribution in [0.5, 0.6) is 0 Å². The molecule has 0 aliphatic carbocycles. The summed E-state index contributed by atoms with van der Waals surface area (Å²) in [6.07, 6.45) is 0. The van der Waals surface area contributed by atoms with Crippen LogP contribution in [0.4, 0.5) is 0 Å². The topological polar surface area (TPSA) is 84.0 Å². The van der Waals surface area contributed by atoms with Crippen LogP contribution in [0.25, 0.3) is 21.8 Å². The smallest absolute Gasteiger partial charge is 0.258 e. The third-order valence-corrected chi connectivity index (χ3v) is 6.42. The van der Waals surface area contributed by atoms with E-state index >= 15 is 0 Å². The van der Waals surface area contributed by atoms with Gasteiger partial charge in [-0.05, 0) is 24.6 Å². The molecule has 1 aliphatic rings. The molecule has 0 atom stereocenters. The Labute approximate surface area is 183 Å². The second-order valence-electron chi connectivity index (χ2n) is 7.62. The maximum atomic E-state index is 12.5. The number of nitrogens with zero attached hydrogens (tertiary/aromatic N) is 4. The van der Waals surface area contributed by atoms with Crippen LogP contribution in [-0.2, 0) is 17.0 Å². The zero-order valence-electron chi connectivity index (χ0n) is 17.3. The molecule has 2 aromatic carbocycles. The van der Waals surface area contributed by atoms with Crippen molar-refractivity contribution < 1.29 is 4.74 Å². The molecule has 1 aliphatic heterocycles. The summed E-state index contributed by atoms with van der Waals surface area (Å²) in [5, 5.41) is 2.54. The zero-order chi connectivity index (χ0) is 21.2. The molecule has 2 aromatic heterocycles. The van der Waals surface area contributed by atoms with E-state index in [1.54, 1.807) is 17.8 Å². The molecule has 5 rings (SSSR count). The summed E-state index contributed by atoms with van der Waals surface area (Å²) in [6.45, 7) is 5.94. The minimum atomic E-state index is -0.107. The normalized spacial score (nSPS) is 15.0. The first kappa shape index (κ1) is 20.1. The van der Waals surface area contributed by atoms with E-state index in [0.29, 0.717) is 23.5 Å². The fraction of sp³-hybridized carbons (Fsp3) is 0.304. The fourth-order valence-corrected chi connectivity index (χ4v) is 4.70. The van der Waals surface area contributed by atoms with Crippen LogP contribution < -0.4 is 5.56 Å². The molecule has 158 valence electrons. The van der Waals surface area contributed by atoms with Crippen molar-refractivity contribution in [3.8, 4) is 0 Å². The predicted octanol–water partition coefficient (Wildman–Crippen LogP) is 3.30. The summed E-state index contributed by atoms with van der Waals surface area (Å²) in [4.78, 5) is 32.1. The van der Waals surface area contributed by atoms with Crippen LogP contribution in [-0.4, -0.2) is 51.1 Å². The highest BCUT2D eigenvalue weighted by atomic mass is 32.2. The zero-order valence-corrected chi connectivity index (χ0v) is 18.1. The largest absolute Gasteiger partial charge is 0.379 e. The Balaban J connectivity index is 1.45. The number of para-hydroxylation sites is 2. The quantitative estimate of drug-likeness (QED) is 0.382. The minimum Gasteiger partial charge on any atom is -0.379 e. The Morgan fingerprint density at radius 1 is 1.03 bits per heavy atom.